The van der Waals surface area contributed by atoms with Crippen LogP contribution in [-0.4, -0.2) is 48.8 Å². The Labute approximate surface area is 177 Å². The first-order valence-electron chi connectivity index (χ1n) is 10.3. The molecule has 0 radical (unpaired) electrons. The van der Waals surface area contributed by atoms with Gasteiger partial charge in [-0.2, -0.15) is 0 Å². The van der Waals surface area contributed by atoms with Crippen molar-refractivity contribution < 1.29 is 14.4 Å². The highest BCUT2D eigenvalue weighted by Crippen LogP contribution is 2.14. The van der Waals surface area contributed by atoms with Gasteiger partial charge >= 0.3 is 0 Å². The molecular weight excluding hydrogens is 380 g/mol. The van der Waals surface area contributed by atoms with Crippen LogP contribution in [0.4, 0.5) is 11.4 Å². The smallest absolute Gasteiger partial charge is 0.253 e. The molecule has 3 N–H and O–H groups in total. The predicted molar refractivity (Wildman–Crippen MR) is 120 cm³/mol. The summed E-state index contributed by atoms with van der Waals surface area (Å²) in [5.74, 6) is -0.450. The molecule has 7 nitrogen and oxygen atoms in total. The molecule has 0 bridgehead atoms. The molecular formula is C23H30N4O3. The molecule has 160 valence electrons. The maximum absolute atomic E-state index is 12.5. The van der Waals surface area contributed by atoms with Crippen LogP contribution in [0.3, 0.4) is 0 Å². The Morgan fingerprint density at radius 1 is 0.867 bits per heavy atom. The fourth-order valence-electron chi connectivity index (χ4n) is 2.92. The van der Waals surface area contributed by atoms with E-state index in [1.807, 2.05) is 26.8 Å². The van der Waals surface area contributed by atoms with Gasteiger partial charge < -0.3 is 20.9 Å². The molecule has 30 heavy (non-hydrogen) atoms. The van der Waals surface area contributed by atoms with E-state index in [0.717, 1.165) is 6.42 Å². The van der Waals surface area contributed by atoms with E-state index in [2.05, 4.69) is 16.0 Å². The van der Waals surface area contributed by atoms with Crippen LogP contribution in [0.1, 0.15) is 47.9 Å². The molecule has 0 aliphatic rings. The van der Waals surface area contributed by atoms with Gasteiger partial charge in [0.1, 0.15) is 0 Å². The molecule has 7 heteroatoms. The highest BCUT2D eigenvalue weighted by Gasteiger charge is 2.13. The highest BCUT2D eigenvalue weighted by molar-refractivity contribution is 5.98. The van der Waals surface area contributed by atoms with Gasteiger partial charge in [0.05, 0.1) is 6.54 Å². The molecule has 2 rings (SSSR count). The largest absolute Gasteiger partial charge is 0.376 e. The lowest BCUT2D eigenvalue weighted by Gasteiger charge is -2.19. The van der Waals surface area contributed by atoms with Gasteiger partial charge in [0.2, 0.25) is 5.91 Å². The summed E-state index contributed by atoms with van der Waals surface area (Å²) in [6.45, 7) is 7.80. The van der Waals surface area contributed by atoms with E-state index >= 15 is 0 Å². The molecule has 2 aromatic rings. The number of benzene rings is 2. The van der Waals surface area contributed by atoms with E-state index in [4.69, 9.17) is 0 Å². The van der Waals surface area contributed by atoms with Crippen LogP contribution >= 0.6 is 0 Å². The van der Waals surface area contributed by atoms with E-state index in [-0.39, 0.29) is 24.3 Å². The molecule has 3 amide bonds. The molecule has 0 aliphatic carbocycles. The average molecular weight is 411 g/mol. The van der Waals surface area contributed by atoms with Crippen LogP contribution in [0.2, 0.25) is 0 Å². The molecule has 0 unspecified atom stereocenters. The monoisotopic (exact) mass is 410 g/mol. The SMILES string of the molecule is CCCNC(=O)c1cccc(NC(=O)CNc2cccc(C(=O)N(CC)CC)c2)c1. The third kappa shape index (κ3) is 6.62. The third-order valence-electron chi connectivity index (χ3n) is 4.56. The second kappa shape index (κ2) is 11.6. The Kier molecular flexibility index (Phi) is 8.87. The summed E-state index contributed by atoms with van der Waals surface area (Å²) in [5, 5.41) is 8.63. The molecule has 0 saturated heterocycles. The van der Waals surface area contributed by atoms with Crippen LogP contribution < -0.4 is 16.0 Å². The van der Waals surface area contributed by atoms with E-state index in [0.29, 0.717) is 42.1 Å². The first-order valence-corrected chi connectivity index (χ1v) is 10.3. The number of nitrogens with one attached hydrogen (secondary N) is 3. The first-order chi connectivity index (χ1) is 14.5. The van der Waals surface area contributed by atoms with Crippen LogP contribution in [0.15, 0.2) is 48.5 Å². The van der Waals surface area contributed by atoms with Gasteiger partial charge in [0.25, 0.3) is 11.8 Å². The molecule has 0 heterocycles. The molecule has 0 atom stereocenters. The van der Waals surface area contributed by atoms with E-state index in [9.17, 15) is 14.4 Å². The van der Waals surface area contributed by atoms with Gasteiger partial charge in [-0.3, -0.25) is 14.4 Å². The summed E-state index contributed by atoms with van der Waals surface area (Å²) >= 11 is 0. The lowest BCUT2D eigenvalue weighted by molar-refractivity contribution is -0.114. The summed E-state index contributed by atoms with van der Waals surface area (Å²) < 4.78 is 0. The maximum Gasteiger partial charge on any atom is 0.253 e. The number of rotatable bonds is 10. The zero-order valence-corrected chi connectivity index (χ0v) is 17.8. The summed E-state index contributed by atoms with van der Waals surface area (Å²) in [6, 6.07) is 13.9. The van der Waals surface area contributed by atoms with E-state index in [1.54, 1.807) is 47.4 Å². The van der Waals surface area contributed by atoms with Crippen molar-refractivity contribution in [3.8, 4) is 0 Å². The molecule has 0 saturated carbocycles. The van der Waals surface area contributed by atoms with Crippen LogP contribution in [-0.2, 0) is 4.79 Å². The second-order valence-electron chi connectivity index (χ2n) is 6.80. The number of nitrogens with zero attached hydrogens (tertiary/aromatic N) is 1. The molecule has 2 aromatic carbocycles. The quantitative estimate of drug-likeness (QED) is 0.560. The zero-order chi connectivity index (χ0) is 21.9. The number of hydrogen-bond acceptors (Lipinski definition) is 4. The van der Waals surface area contributed by atoms with Gasteiger partial charge in [-0.1, -0.05) is 19.1 Å². The second-order valence-corrected chi connectivity index (χ2v) is 6.80. The van der Waals surface area contributed by atoms with Crippen LogP contribution in [0.25, 0.3) is 0 Å². The topological polar surface area (TPSA) is 90.5 Å². The number of anilines is 2. The molecule has 0 aliphatic heterocycles. The fraction of sp³-hybridized carbons (Fsp3) is 0.348. The summed E-state index contributed by atoms with van der Waals surface area (Å²) in [6.07, 6.45) is 0.857. The van der Waals surface area contributed by atoms with Gasteiger partial charge in [0, 0.05) is 42.1 Å². The van der Waals surface area contributed by atoms with Gasteiger partial charge in [-0.15, -0.1) is 0 Å². The lowest BCUT2D eigenvalue weighted by Crippen LogP contribution is -2.30. The number of hydrogen-bond donors (Lipinski definition) is 3. The van der Waals surface area contributed by atoms with Gasteiger partial charge in [-0.05, 0) is 56.7 Å². The van der Waals surface area contributed by atoms with Crippen molar-refractivity contribution in [3.05, 3.63) is 59.7 Å². The van der Waals surface area contributed by atoms with Crippen molar-refractivity contribution in [1.82, 2.24) is 10.2 Å². The van der Waals surface area contributed by atoms with Crippen molar-refractivity contribution in [2.75, 3.05) is 36.8 Å². The van der Waals surface area contributed by atoms with Crippen molar-refractivity contribution in [2.45, 2.75) is 27.2 Å². The summed E-state index contributed by atoms with van der Waals surface area (Å²) in [4.78, 5) is 38.6. The minimum atomic E-state index is -0.249. The predicted octanol–water partition coefficient (Wildman–Crippen LogP) is 3.36. The average Bonchev–Trinajstić information content (AvgIpc) is 2.77. The third-order valence-corrected chi connectivity index (χ3v) is 4.56. The van der Waals surface area contributed by atoms with Crippen LogP contribution in [0, 0.1) is 0 Å². The molecule has 0 fully saturated rings. The minimum absolute atomic E-state index is 0.0359. The fourth-order valence-corrected chi connectivity index (χ4v) is 2.92. The standard InChI is InChI=1S/C23H30N4O3/c1-4-13-24-22(29)17-9-7-12-20(14-17)26-21(28)16-25-19-11-8-10-18(15-19)23(30)27(5-2)6-3/h7-12,14-15,25H,4-6,13,16H2,1-3H3,(H,24,29)(H,26,28). The number of amides is 3. The Morgan fingerprint density at radius 2 is 1.50 bits per heavy atom. The number of carbonyl (C=O) groups is 3. The van der Waals surface area contributed by atoms with Crippen molar-refractivity contribution in [3.63, 3.8) is 0 Å². The number of carbonyl (C=O) groups excluding carboxylic acids is 3. The highest BCUT2D eigenvalue weighted by atomic mass is 16.2. The zero-order valence-electron chi connectivity index (χ0n) is 17.8. The van der Waals surface area contributed by atoms with E-state index < -0.39 is 0 Å². The Morgan fingerprint density at radius 3 is 2.17 bits per heavy atom. The summed E-state index contributed by atoms with van der Waals surface area (Å²) in [7, 11) is 0. The van der Waals surface area contributed by atoms with Crippen molar-refractivity contribution >= 4 is 29.1 Å². The first kappa shape index (κ1) is 22.9. The van der Waals surface area contributed by atoms with Gasteiger partial charge in [-0.25, -0.2) is 0 Å². The molecule has 0 spiro atoms. The van der Waals surface area contributed by atoms with Crippen LogP contribution in [0.5, 0.6) is 0 Å². The summed E-state index contributed by atoms with van der Waals surface area (Å²) in [5.41, 5.74) is 2.32. The Hall–Kier alpha value is -3.35. The minimum Gasteiger partial charge on any atom is -0.376 e. The lowest BCUT2D eigenvalue weighted by atomic mass is 10.1. The molecule has 0 aromatic heterocycles. The normalized spacial score (nSPS) is 10.2. The Bertz CT molecular complexity index is 878. The van der Waals surface area contributed by atoms with Crippen molar-refractivity contribution in [1.29, 1.82) is 0 Å². The van der Waals surface area contributed by atoms with E-state index in [1.165, 1.54) is 0 Å². The Balaban J connectivity index is 1.94. The van der Waals surface area contributed by atoms with Gasteiger partial charge in [0.15, 0.2) is 0 Å². The maximum atomic E-state index is 12.5. The van der Waals surface area contributed by atoms with Crippen molar-refractivity contribution in [2.24, 2.45) is 0 Å².